The van der Waals surface area contributed by atoms with E-state index in [0.717, 1.165) is 5.56 Å². The van der Waals surface area contributed by atoms with Crippen LogP contribution in [-0.4, -0.2) is 45.3 Å². The highest BCUT2D eigenvalue weighted by molar-refractivity contribution is 6.08. The number of amides is 1. The number of hydrogen-bond acceptors (Lipinski definition) is 5. The van der Waals surface area contributed by atoms with Crippen molar-refractivity contribution in [2.75, 3.05) is 13.1 Å². The van der Waals surface area contributed by atoms with Gasteiger partial charge >= 0.3 is 6.09 Å². The summed E-state index contributed by atoms with van der Waals surface area (Å²) in [7, 11) is 0. The fourth-order valence-corrected chi connectivity index (χ4v) is 4.27. The molecule has 0 radical (unpaired) electrons. The van der Waals surface area contributed by atoms with Crippen molar-refractivity contribution in [3.63, 3.8) is 0 Å². The maximum absolute atomic E-state index is 13.4. The van der Waals surface area contributed by atoms with Gasteiger partial charge in [0.05, 0.1) is 5.52 Å². The summed E-state index contributed by atoms with van der Waals surface area (Å²) in [6.45, 7) is 4.45. The average molecular weight is 419 g/mol. The molecule has 3 heterocycles. The number of benzene rings is 1. The molecule has 4 rings (SSSR count). The Balaban J connectivity index is 1.44. The van der Waals surface area contributed by atoms with Gasteiger partial charge in [-0.15, -0.1) is 0 Å². The first-order chi connectivity index (χ1) is 15.0. The highest BCUT2D eigenvalue weighted by atomic mass is 16.6. The van der Waals surface area contributed by atoms with Crippen LogP contribution in [0.15, 0.2) is 48.7 Å². The van der Waals surface area contributed by atoms with Gasteiger partial charge in [0.25, 0.3) is 0 Å². The van der Waals surface area contributed by atoms with E-state index in [4.69, 9.17) is 4.74 Å². The number of nitrogens with zero attached hydrogens (tertiary/aromatic N) is 3. The van der Waals surface area contributed by atoms with Crippen LogP contribution in [0.3, 0.4) is 0 Å². The molecule has 1 amide bonds. The van der Waals surface area contributed by atoms with E-state index in [-0.39, 0.29) is 30.2 Å². The third-order valence-electron chi connectivity index (χ3n) is 5.86. The summed E-state index contributed by atoms with van der Waals surface area (Å²) in [6, 6.07) is 13.1. The second-order valence-corrected chi connectivity index (χ2v) is 7.89. The van der Waals surface area contributed by atoms with E-state index in [1.165, 1.54) is 6.92 Å². The van der Waals surface area contributed by atoms with E-state index >= 15 is 0 Å². The second-order valence-electron chi connectivity index (χ2n) is 7.89. The molecule has 0 N–H and O–H groups in total. The number of Topliss-reactive ketones (excluding diaryl/α,β-unsaturated/α-hetero) is 2. The van der Waals surface area contributed by atoms with Crippen LogP contribution in [-0.2, 0) is 11.3 Å². The lowest BCUT2D eigenvalue weighted by molar-refractivity contribution is 0.0708. The van der Waals surface area contributed by atoms with Crippen molar-refractivity contribution in [1.29, 1.82) is 0 Å². The van der Waals surface area contributed by atoms with Crippen LogP contribution >= 0.6 is 0 Å². The lowest BCUT2D eigenvalue weighted by Crippen LogP contribution is -2.40. The Hall–Kier alpha value is -3.48. The van der Waals surface area contributed by atoms with Crippen LogP contribution in [0, 0.1) is 12.8 Å². The molecular formula is C24H25N3O4. The summed E-state index contributed by atoms with van der Waals surface area (Å²) in [4.78, 5) is 39.6. The smallest absolute Gasteiger partial charge is 0.410 e. The number of carbonyl (C=O) groups is 3. The monoisotopic (exact) mass is 419 g/mol. The predicted octanol–water partition coefficient (Wildman–Crippen LogP) is 4.08. The largest absolute Gasteiger partial charge is 0.445 e. The summed E-state index contributed by atoms with van der Waals surface area (Å²) >= 11 is 0. The molecule has 0 bridgehead atoms. The molecule has 31 heavy (non-hydrogen) atoms. The number of ketones is 2. The number of piperidine rings is 1. The lowest BCUT2D eigenvalue weighted by Gasteiger charge is -2.30. The molecular weight excluding hydrogens is 394 g/mol. The van der Waals surface area contributed by atoms with Gasteiger partial charge in [-0.3, -0.25) is 9.59 Å². The number of fused-ring (bicyclic) bond motifs is 1. The normalized spacial score (nSPS) is 14.6. The Morgan fingerprint density at radius 2 is 1.77 bits per heavy atom. The summed E-state index contributed by atoms with van der Waals surface area (Å²) in [6.07, 6.45) is 2.35. The molecule has 160 valence electrons. The van der Waals surface area contributed by atoms with Crippen molar-refractivity contribution < 1.29 is 19.1 Å². The minimum absolute atomic E-state index is 0.0315. The zero-order valence-electron chi connectivity index (χ0n) is 17.7. The van der Waals surface area contributed by atoms with Crippen LogP contribution in [0.25, 0.3) is 5.52 Å². The van der Waals surface area contributed by atoms with Crippen molar-refractivity contribution in [1.82, 2.24) is 14.5 Å². The Morgan fingerprint density at radius 3 is 2.45 bits per heavy atom. The van der Waals surface area contributed by atoms with Gasteiger partial charge in [0, 0.05) is 30.8 Å². The third kappa shape index (κ3) is 4.08. The van der Waals surface area contributed by atoms with E-state index in [0.29, 0.717) is 48.3 Å². The molecule has 0 aliphatic carbocycles. The molecule has 0 saturated carbocycles. The standard InChI is InChI=1S/C24H25N3O4/c1-16-21(17(2)28)20-9-6-12-25-27(20)22(16)23(29)19-10-13-26(14-11-19)24(30)31-15-18-7-4-3-5-8-18/h3-9,12,19H,10-11,13-15H2,1-2H3. The van der Waals surface area contributed by atoms with Crippen molar-refractivity contribution in [2.45, 2.75) is 33.3 Å². The molecule has 7 nitrogen and oxygen atoms in total. The summed E-state index contributed by atoms with van der Waals surface area (Å²) in [5.41, 5.74) is 3.26. The number of hydrogen-bond donors (Lipinski definition) is 0. The summed E-state index contributed by atoms with van der Waals surface area (Å²) in [5, 5.41) is 4.32. The van der Waals surface area contributed by atoms with Gasteiger partial charge in [-0.2, -0.15) is 5.10 Å². The van der Waals surface area contributed by atoms with Gasteiger partial charge in [0.2, 0.25) is 0 Å². The number of rotatable bonds is 5. The average Bonchev–Trinajstić information content (AvgIpc) is 3.09. The molecule has 7 heteroatoms. The van der Waals surface area contributed by atoms with Gasteiger partial charge in [0.1, 0.15) is 12.3 Å². The van der Waals surface area contributed by atoms with Gasteiger partial charge in [-0.05, 0) is 49.9 Å². The number of carbonyl (C=O) groups excluding carboxylic acids is 3. The Bertz CT molecular complexity index is 1130. The molecule has 1 saturated heterocycles. The molecule has 0 spiro atoms. The van der Waals surface area contributed by atoms with Crippen LogP contribution in [0.4, 0.5) is 4.79 Å². The zero-order valence-corrected chi connectivity index (χ0v) is 17.7. The van der Waals surface area contributed by atoms with Crippen molar-refractivity contribution >= 4 is 23.2 Å². The van der Waals surface area contributed by atoms with Gasteiger partial charge in [-0.1, -0.05) is 30.3 Å². The molecule has 1 fully saturated rings. The molecule has 1 aromatic carbocycles. The zero-order chi connectivity index (χ0) is 22.0. The fraction of sp³-hybridized carbons (Fsp3) is 0.333. The maximum atomic E-state index is 13.4. The molecule has 3 aromatic rings. The minimum Gasteiger partial charge on any atom is -0.445 e. The van der Waals surface area contributed by atoms with Crippen LogP contribution in [0.5, 0.6) is 0 Å². The SMILES string of the molecule is CC(=O)c1c(C)c(C(=O)C2CCN(C(=O)OCc3ccccc3)CC2)n2ncccc12. The first kappa shape index (κ1) is 20.8. The molecule has 0 atom stereocenters. The van der Waals surface area contributed by atoms with Crippen molar-refractivity contribution in [3.8, 4) is 0 Å². The predicted molar refractivity (Wildman–Crippen MR) is 115 cm³/mol. The first-order valence-corrected chi connectivity index (χ1v) is 10.4. The minimum atomic E-state index is -0.361. The van der Waals surface area contributed by atoms with Crippen LogP contribution < -0.4 is 0 Å². The quantitative estimate of drug-likeness (QED) is 0.582. The van der Waals surface area contributed by atoms with Crippen molar-refractivity contribution in [2.24, 2.45) is 5.92 Å². The fourth-order valence-electron chi connectivity index (χ4n) is 4.27. The Labute approximate surface area is 180 Å². The van der Waals surface area contributed by atoms with E-state index in [1.54, 1.807) is 34.7 Å². The Morgan fingerprint density at radius 1 is 1.06 bits per heavy atom. The van der Waals surface area contributed by atoms with Gasteiger partial charge in [-0.25, -0.2) is 9.31 Å². The number of likely N-dealkylation sites (tertiary alicyclic amines) is 1. The topological polar surface area (TPSA) is 81.0 Å². The van der Waals surface area contributed by atoms with E-state index in [9.17, 15) is 14.4 Å². The highest BCUT2D eigenvalue weighted by Gasteiger charge is 2.32. The summed E-state index contributed by atoms with van der Waals surface area (Å²) < 4.78 is 6.98. The van der Waals surface area contributed by atoms with Crippen LogP contribution in [0.2, 0.25) is 0 Å². The van der Waals surface area contributed by atoms with Gasteiger partial charge < -0.3 is 9.64 Å². The maximum Gasteiger partial charge on any atom is 0.410 e. The highest BCUT2D eigenvalue weighted by Crippen LogP contribution is 2.28. The third-order valence-corrected chi connectivity index (χ3v) is 5.86. The molecule has 1 aliphatic rings. The Kier molecular flexibility index (Phi) is 5.84. The van der Waals surface area contributed by atoms with E-state index < -0.39 is 0 Å². The van der Waals surface area contributed by atoms with E-state index in [1.807, 2.05) is 30.3 Å². The number of aromatic nitrogens is 2. The van der Waals surface area contributed by atoms with Crippen molar-refractivity contribution in [3.05, 3.63) is 71.0 Å². The molecule has 0 unspecified atom stereocenters. The lowest BCUT2D eigenvalue weighted by atomic mass is 9.89. The van der Waals surface area contributed by atoms with E-state index in [2.05, 4.69) is 5.10 Å². The van der Waals surface area contributed by atoms with Gasteiger partial charge in [0.15, 0.2) is 11.6 Å². The first-order valence-electron chi connectivity index (χ1n) is 10.4. The number of ether oxygens (including phenoxy) is 1. The second kappa shape index (κ2) is 8.71. The summed E-state index contributed by atoms with van der Waals surface area (Å²) in [5.74, 6) is -0.342. The molecule has 2 aromatic heterocycles. The molecule has 1 aliphatic heterocycles. The van der Waals surface area contributed by atoms with Crippen LogP contribution in [0.1, 0.15) is 51.7 Å².